The fourth-order valence-corrected chi connectivity index (χ4v) is 11.0. The second-order valence-electron chi connectivity index (χ2n) is 14.3. The summed E-state index contributed by atoms with van der Waals surface area (Å²) in [6, 6.07) is 0. The molecule has 0 aromatic carbocycles. The highest BCUT2D eigenvalue weighted by atomic mass is 16.7. The van der Waals surface area contributed by atoms with Crippen molar-refractivity contribution in [1.29, 1.82) is 0 Å². The van der Waals surface area contributed by atoms with Crippen molar-refractivity contribution >= 4 is 11.9 Å². The van der Waals surface area contributed by atoms with Crippen molar-refractivity contribution in [3.8, 4) is 0 Å². The van der Waals surface area contributed by atoms with Gasteiger partial charge in [-0.2, -0.15) is 0 Å². The Bertz CT molecular complexity index is 925. The van der Waals surface area contributed by atoms with E-state index in [1.54, 1.807) is 0 Å². The smallest absolute Gasteiger partial charge is 0.302 e. The highest BCUT2D eigenvalue weighted by Gasteiger charge is 2.70. The zero-order valence-corrected chi connectivity index (χ0v) is 23.8. The molecule has 37 heavy (non-hydrogen) atoms. The molecule has 6 fully saturated rings. The third-order valence-electron chi connectivity index (χ3n) is 12.6. The molecular formula is C31H48O6. The van der Waals surface area contributed by atoms with Crippen LogP contribution in [0.1, 0.15) is 99.3 Å². The molecule has 13 atom stereocenters. The number of carbonyl (C=O) groups is 2. The van der Waals surface area contributed by atoms with E-state index in [1.807, 2.05) is 0 Å². The van der Waals surface area contributed by atoms with Gasteiger partial charge in [0.05, 0.1) is 12.7 Å². The molecule has 2 aliphatic heterocycles. The number of fused-ring (bicyclic) bond motifs is 7. The molecule has 6 heteroatoms. The minimum absolute atomic E-state index is 0.0689. The minimum atomic E-state index is -0.369. The molecule has 0 radical (unpaired) electrons. The van der Waals surface area contributed by atoms with Crippen molar-refractivity contribution in [2.75, 3.05) is 6.61 Å². The number of ether oxygens (including phenoxy) is 4. The molecule has 6 rings (SSSR count). The molecule has 6 nitrogen and oxygen atoms in total. The molecule has 0 amide bonds. The fourth-order valence-electron chi connectivity index (χ4n) is 11.0. The monoisotopic (exact) mass is 516 g/mol. The van der Waals surface area contributed by atoms with Crippen molar-refractivity contribution in [2.45, 2.75) is 123 Å². The summed E-state index contributed by atoms with van der Waals surface area (Å²) in [7, 11) is 0. The van der Waals surface area contributed by atoms with Gasteiger partial charge in [-0.25, -0.2) is 0 Å². The van der Waals surface area contributed by atoms with Gasteiger partial charge in [-0.1, -0.05) is 27.7 Å². The molecule has 2 saturated heterocycles. The van der Waals surface area contributed by atoms with Crippen LogP contribution in [0.25, 0.3) is 0 Å². The molecular weight excluding hydrogens is 468 g/mol. The Morgan fingerprint density at radius 2 is 1.62 bits per heavy atom. The number of hydrogen-bond donors (Lipinski definition) is 0. The molecule has 0 aromatic rings. The first-order valence-electron chi connectivity index (χ1n) is 15.1. The van der Waals surface area contributed by atoms with Gasteiger partial charge in [-0.3, -0.25) is 9.59 Å². The quantitative estimate of drug-likeness (QED) is 0.425. The van der Waals surface area contributed by atoms with Gasteiger partial charge in [0, 0.05) is 38.0 Å². The average molecular weight is 517 g/mol. The van der Waals surface area contributed by atoms with Crippen molar-refractivity contribution in [1.82, 2.24) is 0 Å². The lowest BCUT2D eigenvalue weighted by molar-refractivity contribution is -0.273. The summed E-state index contributed by atoms with van der Waals surface area (Å²) in [6.07, 6.45) is 9.57. The minimum Gasteiger partial charge on any atom is -0.462 e. The lowest BCUT2D eigenvalue weighted by atomic mass is 9.43. The first kappa shape index (κ1) is 26.1. The summed E-state index contributed by atoms with van der Waals surface area (Å²) in [4.78, 5) is 24.0. The largest absolute Gasteiger partial charge is 0.462 e. The van der Waals surface area contributed by atoms with Crippen LogP contribution in [0.5, 0.6) is 0 Å². The van der Waals surface area contributed by atoms with Crippen molar-refractivity contribution in [2.24, 2.45) is 52.3 Å². The summed E-state index contributed by atoms with van der Waals surface area (Å²) in [5.41, 5.74) is 0.205. The van der Waals surface area contributed by atoms with Crippen LogP contribution in [0, 0.1) is 52.3 Å². The normalized spacial score (nSPS) is 54.5. The molecule has 6 aliphatic rings. The predicted molar refractivity (Wildman–Crippen MR) is 138 cm³/mol. The van der Waals surface area contributed by atoms with Crippen molar-refractivity contribution in [3.05, 3.63) is 0 Å². The van der Waals surface area contributed by atoms with Crippen LogP contribution in [0.4, 0.5) is 0 Å². The van der Waals surface area contributed by atoms with Gasteiger partial charge in [0.2, 0.25) is 0 Å². The summed E-state index contributed by atoms with van der Waals surface area (Å²) in [5.74, 6) is 3.00. The van der Waals surface area contributed by atoms with Crippen LogP contribution in [0.2, 0.25) is 0 Å². The first-order chi connectivity index (χ1) is 17.5. The van der Waals surface area contributed by atoms with E-state index in [-0.39, 0.29) is 40.8 Å². The van der Waals surface area contributed by atoms with Gasteiger partial charge in [0.15, 0.2) is 5.79 Å². The van der Waals surface area contributed by atoms with Crippen LogP contribution in [-0.2, 0) is 28.5 Å². The van der Waals surface area contributed by atoms with Crippen LogP contribution in [-0.4, -0.2) is 42.6 Å². The molecule has 13 unspecified atom stereocenters. The molecule has 0 aromatic heterocycles. The lowest BCUT2D eigenvalue weighted by Crippen LogP contribution is -2.60. The highest BCUT2D eigenvalue weighted by molar-refractivity contribution is 5.67. The Hall–Kier alpha value is -1.14. The Kier molecular flexibility index (Phi) is 6.31. The number of carbonyl (C=O) groups excluding carboxylic acids is 2. The Morgan fingerprint density at radius 3 is 2.30 bits per heavy atom. The van der Waals surface area contributed by atoms with Gasteiger partial charge in [0.25, 0.3) is 0 Å². The topological polar surface area (TPSA) is 71.1 Å². The summed E-state index contributed by atoms with van der Waals surface area (Å²) >= 11 is 0. The van der Waals surface area contributed by atoms with Gasteiger partial charge in [0.1, 0.15) is 12.2 Å². The van der Waals surface area contributed by atoms with Gasteiger partial charge < -0.3 is 18.9 Å². The second kappa shape index (κ2) is 8.94. The van der Waals surface area contributed by atoms with Crippen LogP contribution < -0.4 is 0 Å². The SMILES string of the molecule is CC(=O)OC1CC2CCC3C4CC5OC6(CCC(C)CO6)C(C)C5C4(C)CCC3C2(C)C(OC(C)=O)C1. The van der Waals surface area contributed by atoms with Crippen LogP contribution in [0.15, 0.2) is 0 Å². The number of esters is 2. The Labute approximate surface area is 222 Å². The van der Waals surface area contributed by atoms with E-state index in [4.69, 9.17) is 18.9 Å². The maximum atomic E-state index is 12.2. The Balaban J connectivity index is 1.26. The molecule has 4 aliphatic carbocycles. The van der Waals surface area contributed by atoms with E-state index >= 15 is 0 Å². The van der Waals surface area contributed by atoms with E-state index < -0.39 is 0 Å². The van der Waals surface area contributed by atoms with Gasteiger partial charge in [-0.15, -0.1) is 0 Å². The van der Waals surface area contributed by atoms with E-state index in [0.29, 0.717) is 54.0 Å². The molecule has 208 valence electrons. The fraction of sp³-hybridized carbons (Fsp3) is 0.935. The molecule has 4 saturated carbocycles. The standard InChI is InChI=1S/C31H48O6/c1-17-9-12-31(34-16-17)18(2)28-26(37-31)15-25-23-8-7-21-13-22(35-19(3)32)14-27(36-20(4)33)30(21,6)24(23)10-11-29(25,28)5/h17-18,21-28H,7-16H2,1-6H3. The first-order valence-corrected chi connectivity index (χ1v) is 15.1. The van der Waals surface area contributed by atoms with Crippen molar-refractivity contribution < 1.29 is 28.5 Å². The summed E-state index contributed by atoms with van der Waals surface area (Å²) in [5, 5.41) is 0. The van der Waals surface area contributed by atoms with E-state index in [2.05, 4.69) is 27.7 Å². The summed E-state index contributed by atoms with van der Waals surface area (Å²) in [6.45, 7) is 13.5. The molecule has 0 N–H and O–H groups in total. The zero-order chi connectivity index (χ0) is 26.3. The third-order valence-corrected chi connectivity index (χ3v) is 12.6. The second-order valence-corrected chi connectivity index (χ2v) is 14.3. The zero-order valence-electron chi connectivity index (χ0n) is 23.8. The summed E-state index contributed by atoms with van der Waals surface area (Å²) < 4.78 is 25.2. The van der Waals surface area contributed by atoms with Crippen molar-refractivity contribution in [3.63, 3.8) is 0 Å². The molecule has 1 spiro atoms. The maximum absolute atomic E-state index is 12.2. The van der Waals surface area contributed by atoms with Gasteiger partial charge >= 0.3 is 11.9 Å². The third kappa shape index (κ3) is 3.85. The molecule has 2 heterocycles. The Morgan fingerprint density at radius 1 is 0.865 bits per heavy atom. The predicted octanol–water partition coefficient (Wildman–Crippen LogP) is 5.91. The van der Waals surface area contributed by atoms with E-state index in [0.717, 1.165) is 32.3 Å². The van der Waals surface area contributed by atoms with E-state index in [9.17, 15) is 9.59 Å². The highest BCUT2D eigenvalue weighted by Crippen LogP contribution is 2.71. The lowest BCUT2D eigenvalue weighted by Gasteiger charge is -2.62. The van der Waals surface area contributed by atoms with E-state index in [1.165, 1.54) is 39.5 Å². The van der Waals surface area contributed by atoms with Crippen LogP contribution in [0.3, 0.4) is 0 Å². The average Bonchev–Trinajstić information content (AvgIpc) is 3.26. The maximum Gasteiger partial charge on any atom is 0.302 e. The van der Waals surface area contributed by atoms with Gasteiger partial charge in [-0.05, 0) is 85.9 Å². The molecule has 0 bridgehead atoms. The number of rotatable bonds is 2. The van der Waals surface area contributed by atoms with Crippen LogP contribution >= 0.6 is 0 Å². The number of hydrogen-bond acceptors (Lipinski definition) is 6.